The standard InChI is InChI=1S/C36H30O8/c1-39-25-15-9-13-21-29(25)27(41-3)17-23(35(21)43-5)31-32(34(38)20-12-8-7-11-19(20)33(31)37)24-18-28(42-4)30-22(36(24)44-6)14-10-16-26(30)40-2/h7-18H,1-6H3. The molecule has 0 aromatic heterocycles. The van der Waals surface area contributed by atoms with Crippen molar-refractivity contribution in [2.24, 2.45) is 0 Å². The van der Waals surface area contributed by atoms with Crippen LogP contribution in [0.1, 0.15) is 31.8 Å². The van der Waals surface area contributed by atoms with Gasteiger partial charge in [-0.3, -0.25) is 9.59 Å². The van der Waals surface area contributed by atoms with Crippen molar-refractivity contribution in [2.75, 3.05) is 42.7 Å². The molecule has 8 heteroatoms. The van der Waals surface area contributed by atoms with Crippen LogP contribution in [-0.4, -0.2) is 54.2 Å². The van der Waals surface area contributed by atoms with Gasteiger partial charge in [0.25, 0.3) is 0 Å². The zero-order chi connectivity index (χ0) is 31.1. The fourth-order valence-corrected chi connectivity index (χ4v) is 6.14. The van der Waals surface area contributed by atoms with Crippen molar-refractivity contribution in [3.63, 3.8) is 0 Å². The summed E-state index contributed by atoms with van der Waals surface area (Å²) in [7, 11) is 9.29. The number of fused-ring (bicyclic) bond motifs is 3. The van der Waals surface area contributed by atoms with Crippen LogP contribution < -0.4 is 28.4 Å². The number of allylic oxidation sites excluding steroid dienone is 2. The Morgan fingerprint density at radius 3 is 1.14 bits per heavy atom. The van der Waals surface area contributed by atoms with E-state index in [1.165, 1.54) is 14.2 Å². The van der Waals surface area contributed by atoms with Gasteiger partial charge in [-0.15, -0.1) is 0 Å². The Morgan fingerprint density at radius 2 is 0.795 bits per heavy atom. The molecule has 5 aromatic carbocycles. The quantitative estimate of drug-likeness (QED) is 0.190. The number of Topliss-reactive ketones (excluding diaryl/α,β-unsaturated/α-hetero) is 2. The number of hydrogen-bond acceptors (Lipinski definition) is 8. The van der Waals surface area contributed by atoms with Crippen LogP contribution in [0.3, 0.4) is 0 Å². The fourth-order valence-electron chi connectivity index (χ4n) is 6.14. The Balaban J connectivity index is 1.82. The summed E-state index contributed by atoms with van der Waals surface area (Å²) in [5.74, 6) is 2.14. The number of benzene rings is 5. The first-order chi connectivity index (χ1) is 21.4. The molecular formula is C36H30O8. The maximum atomic E-state index is 14.6. The van der Waals surface area contributed by atoms with Crippen molar-refractivity contribution in [2.45, 2.75) is 0 Å². The number of ketones is 2. The van der Waals surface area contributed by atoms with Crippen LogP contribution in [-0.2, 0) is 0 Å². The minimum Gasteiger partial charge on any atom is -0.496 e. The molecule has 0 atom stereocenters. The first-order valence-electron chi connectivity index (χ1n) is 13.8. The smallest absolute Gasteiger partial charge is 0.195 e. The Bertz CT molecular complexity index is 1880. The second kappa shape index (κ2) is 11.3. The van der Waals surface area contributed by atoms with Gasteiger partial charge in [-0.05, 0) is 24.3 Å². The molecule has 6 rings (SSSR count). The number of ether oxygens (including phenoxy) is 6. The van der Waals surface area contributed by atoms with Crippen LogP contribution >= 0.6 is 0 Å². The fraction of sp³-hybridized carbons (Fsp3) is 0.167. The van der Waals surface area contributed by atoms with Crippen LogP contribution in [0.25, 0.3) is 32.7 Å². The zero-order valence-electron chi connectivity index (χ0n) is 25.2. The predicted molar refractivity (Wildman–Crippen MR) is 169 cm³/mol. The maximum Gasteiger partial charge on any atom is 0.195 e. The number of carbonyl (C=O) groups is 2. The van der Waals surface area contributed by atoms with Crippen LogP contribution in [0, 0.1) is 0 Å². The van der Waals surface area contributed by atoms with Crippen LogP contribution in [0.5, 0.6) is 34.5 Å². The summed E-state index contributed by atoms with van der Waals surface area (Å²) in [5, 5.41) is 2.65. The molecule has 0 bridgehead atoms. The van der Waals surface area contributed by atoms with Crippen molar-refractivity contribution < 1.29 is 38.0 Å². The van der Waals surface area contributed by atoms with Gasteiger partial charge in [-0.2, -0.15) is 0 Å². The Morgan fingerprint density at radius 1 is 0.409 bits per heavy atom. The zero-order valence-corrected chi connectivity index (χ0v) is 25.2. The highest BCUT2D eigenvalue weighted by molar-refractivity contribution is 6.52. The van der Waals surface area contributed by atoms with E-state index in [2.05, 4.69) is 0 Å². The molecule has 0 spiro atoms. The van der Waals surface area contributed by atoms with Crippen molar-refractivity contribution in [3.8, 4) is 34.5 Å². The highest BCUT2D eigenvalue weighted by Crippen LogP contribution is 2.51. The van der Waals surface area contributed by atoms with Gasteiger partial charge >= 0.3 is 0 Å². The SMILES string of the molecule is COc1c(C2=C(c3cc(OC)c4c(OC)cccc4c3OC)C(=O)c3ccccc3C2=O)cc(OC)c2c(OC)cccc12. The molecule has 0 amide bonds. The Hall–Kier alpha value is -5.50. The monoisotopic (exact) mass is 590 g/mol. The van der Waals surface area contributed by atoms with Gasteiger partial charge < -0.3 is 28.4 Å². The normalized spacial score (nSPS) is 12.8. The largest absolute Gasteiger partial charge is 0.496 e. The number of methoxy groups -OCH3 is 6. The summed E-state index contributed by atoms with van der Waals surface area (Å²) in [6.45, 7) is 0. The third-order valence-electron chi connectivity index (χ3n) is 8.02. The lowest BCUT2D eigenvalue weighted by Crippen LogP contribution is -2.21. The number of rotatable bonds is 8. The highest BCUT2D eigenvalue weighted by atomic mass is 16.5. The lowest BCUT2D eigenvalue weighted by atomic mass is 9.77. The molecule has 0 heterocycles. The topological polar surface area (TPSA) is 89.5 Å². The second-order valence-electron chi connectivity index (χ2n) is 10.0. The van der Waals surface area contributed by atoms with Gasteiger partial charge in [0, 0.05) is 44.2 Å². The van der Waals surface area contributed by atoms with E-state index in [1.54, 1.807) is 64.8 Å². The molecule has 0 saturated heterocycles. The molecule has 1 aliphatic rings. The minimum absolute atomic E-state index is 0.149. The highest BCUT2D eigenvalue weighted by Gasteiger charge is 2.38. The van der Waals surface area contributed by atoms with E-state index < -0.39 is 0 Å². The second-order valence-corrected chi connectivity index (χ2v) is 10.0. The van der Waals surface area contributed by atoms with Gasteiger partial charge in [0.15, 0.2) is 11.6 Å². The molecule has 1 aliphatic carbocycles. The van der Waals surface area contributed by atoms with Crippen molar-refractivity contribution in [3.05, 3.63) is 95.1 Å². The molecule has 44 heavy (non-hydrogen) atoms. The van der Waals surface area contributed by atoms with Crippen molar-refractivity contribution in [1.29, 1.82) is 0 Å². The Labute approximate surface area is 254 Å². The average Bonchev–Trinajstić information content (AvgIpc) is 3.07. The van der Waals surface area contributed by atoms with Gasteiger partial charge in [-0.25, -0.2) is 0 Å². The van der Waals surface area contributed by atoms with Crippen LogP contribution in [0.4, 0.5) is 0 Å². The van der Waals surface area contributed by atoms with E-state index in [4.69, 9.17) is 28.4 Å². The average molecular weight is 591 g/mol. The third kappa shape index (κ3) is 4.13. The summed E-state index contributed by atoms with van der Waals surface area (Å²) in [5.41, 5.74) is 1.65. The lowest BCUT2D eigenvalue weighted by Gasteiger charge is -2.26. The summed E-state index contributed by atoms with van der Waals surface area (Å²) < 4.78 is 34.9. The summed E-state index contributed by atoms with van der Waals surface area (Å²) in [6.07, 6.45) is 0. The summed E-state index contributed by atoms with van der Waals surface area (Å²) >= 11 is 0. The summed E-state index contributed by atoms with van der Waals surface area (Å²) in [4.78, 5) is 29.1. The number of carbonyl (C=O) groups excluding carboxylic acids is 2. The molecule has 0 N–H and O–H groups in total. The Kier molecular flexibility index (Phi) is 7.35. The van der Waals surface area contributed by atoms with E-state index in [9.17, 15) is 9.59 Å². The van der Waals surface area contributed by atoms with Gasteiger partial charge in [-0.1, -0.05) is 48.5 Å². The molecule has 0 fully saturated rings. The molecule has 222 valence electrons. The first kappa shape index (κ1) is 28.6. The molecule has 0 aliphatic heterocycles. The van der Waals surface area contributed by atoms with Gasteiger partial charge in [0.05, 0.1) is 53.4 Å². The first-order valence-corrected chi connectivity index (χ1v) is 13.8. The van der Waals surface area contributed by atoms with E-state index >= 15 is 0 Å². The van der Waals surface area contributed by atoms with Gasteiger partial charge in [0.1, 0.15) is 34.5 Å². The van der Waals surface area contributed by atoms with E-state index in [0.29, 0.717) is 67.2 Å². The molecule has 0 unspecified atom stereocenters. The van der Waals surface area contributed by atoms with Crippen molar-refractivity contribution >= 4 is 44.3 Å². The third-order valence-corrected chi connectivity index (χ3v) is 8.02. The molecule has 0 radical (unpaired) electrons. The molecule has 5 aromatic rings. The molecular weight excluding hydrogens is 560 g/mol. The van der Waals surface area contributed by atoms with E-state index in [0.717, 1.165) is 0 Å². The molecule has 0 saturated carbocycles. The maximum absolute atomic E-state index is 14.6. The summed E-state index contributed by atoms with van der Waals surface area (Å²) in [6, 6.07) is 21.2. The minimum atomic E-state index is -0.343. The van der Waals surface area contributed by atoms with Crippen molar-refractivity contribution in [1.82, 2.24) is 0 Å². The lowest BCUT2D eigenvalue weighted by molar-refractivity contribution is 0.101. The van der Waals surface area contributed by atoms with Crippen LogP contribution in [0.15, 0.2) is 72.8 Å². The van der Waals surface area contributed by atoms with E-state index in [-0.39, 0.29) is 33.8 Å². The van der Waals surface area contributed by atoms with Crippen LogP contribution in [0.2, 0.25) is 0 Å². The molecule has 8 nitrogen and oxygen atoms in total. The number of hydrogen-bond donors (Lipinski definition) is 0. The van der Waals surface area contributed by atoms with E-state index in [1.807, 2.05) is 36.4 Å². The predicted octanol–water partition coefficient (Wildman–Crippen LogP) is 7.03. The van der Waals surface area contributed by atoms with Gasteiger partial charge in [0.2, 0.25) is 0 Å².